The third-order valence-corrected chi connectivity index (χ3v) is 2.99. The molecule has 0 aliphatic heterocycles. The fourth-order valence-electron chi connectivity index (χ4n) is 2.00. The van der Waals surface area contributed by atoms with Crippen LogP contribution in [0.15, 0.2) is 34.9 Å². The van der Waals surface area contributed by atoms with Crippen LogP contribution in [-0.2, 0) is 4.74 Å². The van der Waals surface area contributed by atoms with E-state index in [0.717, 1.165) is 19.2 Å². The second kappa shape index (κ2) is 7.59. The number of hydrogen-bond acceptors (Lipinski definition) is 4. The van der Waals surface area contributed by atoms with E-state index < -0.39 is 29.5 Å². The molecule has 2 N–H and O–H groups in total. The molecule has 1 aromatic heterocycles. The second-order valence-corrected chi connectivity index (χ2v) is 4.59. The van der Waals surface area contributed by atoms with E-state index in [2.05, 4.69) is 15.4 Å². The summed E-state index contributed by atoms with van der Waals surface area (Å²) in [6.45, 7) is 0.173. The summed E-state index contributed by atoms with van der Waals surface area (Å²) in [4.78, 5) is 12.0. The van der Waals surface area contributed by atoms with Crippen molar-refractivity contribution in [3.63, 3.8) is 0 Å². The van der Waals surface area contributed by atoms with E-state index in [1.54, 1.807) is 12.1 Å². The van der Waals surface area contributed by atoms with Crippen LogP contribution in [0.1, 0.15) is 11.8 Å². The number of rotatable bonds is 6. The van der Waals surface area contributed by atoms with Crippen molar-refractivity contribution >= 4 is 11.7 Å². The van der Waals surface area contributed by atoms with Crippen LogP contribution in [0.25, 0.3) is 0 Å². The van der Waals surface area contributed by atoms with E-state index in [1.807, 2.05) is 0 Å². The lowest BCUT2D eigenvalue weighted by Gasteiger charge is -2.16. The molecule has 1 heterocycles. The molecule has 6 nitrogen and oxygen atoms in total. The fraction of sp³-hybridized carbons (Fsp3) is 0.267. The number of furan rings is 1. The van der Waals surface area contributed by atoms with Gasteiger partial charge in [-0.2, -0.15) is 0 Å². The molecule has 23 heavy (non-hydrogen) atoms. The molecule has 0 spiro atoms. The van der Waals surface area contributed by atoms with Crippen LogP contribution in [-0.4, -0.2) is 26.9 Å². The molecule has 8 heteroatoms. The molecule has 2 aromatic rings. The van der Waals surface area contributed by atoms with E-state index in [9.17, 15) is 13.6 Å². The number of urea groups is 1. The number of nitrogens with one attached hydrogen (secondary N) is 2. The molecule has 0 aliphatic rings. The average molecular weight is 326 g/mol. The van der Waals surface area contributed by atoms with Crippen molar-refractivity contribution in [1.82, 2.24) is 5.32 Å². The Morgan fingerprint density at radius 2 is 2.00 bits per heavy atom. The van der Waals surface area contributed by atoms with Gasteiger partial charge in [0.1, 0.15) is 11.8 Å². The number of hydrogen-bond donors (Lipinski definition) is 2. The maximum atomic E-state index is 13.6. The van der Waals surface area contributed by atoms with E-state index in [-0.39, 0.29) is 12.3 Å². The monoisotopic (exact) mass is 326 g/mol. The first kappa shape index (κ1) is 16.8. The van der Waals surface area contributed by atoms with Crippen LogP contribution < -0.4 is 15.4 Å². The smallest absolute Gasteiger partial charge is 0.319 e. The van der Waals surface area contributed by atoms with Crippen LogP contribution in [0.4, 0.5) is 19.3 Å². The predicted octanol–water partition coefficient (Wildman–Crippen LogP) is 3.08. The number of carbonyl (C=O) groups is 1. The molecular formula is C15H16F2N2O4. The molecule has 0 saturated carbocycles. The zero-order valence-corrected chi connectivity index (χ0v) is 12.6. The molecule has 1 aromatic carbocycles. The number of benzene rings is 1. The van der Waals surface area contributed by atoms with Gasteiger partial charge in [-0.15, -0.1) is 0 Å². The topological polar surface area (TPSA) is 72.7 Å². The van der Waals surface area contributed by atoms with Gasteiger partial charge in [0.25, 0.3) is 0 Å². The Balaban J connectivity index is 2.06. The summed E-state index contributed by atoms with van der Waals surface area (Å²) in [5.74, 6) is -1.84. The van der Waals surface area contributed by atoms with Gasteiger partial charge in [0.05, 0.1) is 20.0 Å². The van der Waals surface area contributed by atoms with E-state index in [0.29, 0.717) is 5.76 Å². The van der Waals surface area contributed by atoms with Crippen molar-refractivity contribution in [2.24, 2.45) is 0 Å². The van der Waals surface area contributed by atoms with Gasteiger partial charge < -0.3 is 24.5 Å². The van der Waals surface area contributed by atoms with Crippen molar-refractivity contribution < 1.29 is 27.5 Å². The van der Waals surface area contributed by atoms with E-state index in [1.165, 1.54) is 13.4 Å². The highest BCUT2D eigenvalue weighted by atomic mass is 19.1. The summed E-state index contributed by atoms with van der Waals surface area (Å²) in [6, 6.07) is 4.07. The molecular weight excluding hydrogens is 310 g/mol. The molecule has 0 unspecified atom stereocenters. The first-order chi connectivity index (χ1) is 11.0. The molecule has 0 saturated heterocycles. The van der Waals surface area contributed by atoms with Gasteiger partial charge in [0.15, 0.2) is 17.4 Å². The summed E-state index contributed by atoms with van der Waals surface area (Å²) in [7, 11) is 2.63. The third-order valence-electron chi connectivity index (χ3n) is 2.99. The Bertz CT molecular complexity index is 638. The normalized spacial score (nSPS) is 11.8. The largest absolute Gasteiger partial charge is 0.491 e. The standard InChI is InChI=1S/C15H16F2N2O4/c1-21-8-12(13-4-3-5-23-13)19-15(20)18-9-6-10(16)14(22-2)11(17)7-9/h3-7,12H,8H2,1-2H3,(H2,18,19,20)/t12-/m0/s1. The predicted molar refractivity (Wildman–Crippen MR) is 78.4 cm³/mol. The summed E-state index contributed by atoms with van der Waals surface area (Å²) < 4.78 is 42.0. The van der Waals surface area contributed by atoms with Crippen molar-refractivity contribution in [1.29, 1.82) is 0 Å². The Kier molecular flexibility index (Phi) is 5.53. The van der Waals surface area contributed by atoms with Crippen LogP contribution >= 0.6 is 0 Å². The van der Waals surface area contributed by atoms with Crippen LogP contribution in [0.3, 0.4) is 0 Å². The van der Waals surface area contributed by atoms with Crippen molar-refractivity contribution in [3.05, 3.63) is 47.9 Å². The van der Waals surface area contributed by atoms with Crippen LogP contribution in [0.5, 0.6) is 5.75 Å². The van der Waals surface area contributed by atoms with Gasteiger partial charge in [0.2, 0.25) is 0 Å². The third kappa shape index (κ3) is 4.19. The molecule has 0 fully saturated rings. The molecule has 2 rings (SSSR count). The maximum absolute atomic E-state index is 13.6. The number of halogens is 2. The summed E-state index contributed by atoms with van der Waals surface area (Å²) >= 11 is 0. The molecule has 124 valence electrons. The highest BCUT2D eigenvalue weighted by Crippen LogP contribution is 2.25. The Hall–Kier alpha value is -2.61. The second-order valence-electron chi connectivity index (χ2n) is 4.59. The number of methoxy groups -OCH3 is 2. The zero-order valence-electron chi connectivity index (χ0n) is 12.6. The Labute approximate surface area is 131 Å². The summed E-state index contributed by atoms with van der Waals surface area (Å²) in [5, 5.41) is 4.93. The number of ether oxygens (including phenoxy) is 2. The first-order valence-corrected chi connectivity index (χ1v) is 6.68. The number of anilines is 1. The molecule has 0 radical (unpaired) electrons. The lowest BCUT2D eigenvalue weighted by molar-refractivity contribution is 0.159. The highest BCUT2D eigenvalue weighted by molar-refractivity contribution is 5.89. The molecule has 0 aliphatic carbocycles. The fourth-order valence-corrected chi connectivity index (χ4v) is 2.00. The first-order valence-electron chi connectivity index (χ1n) is 6.68. The van der Waals surface area contributed by atoms with Gasteiger partial charge in [-0.25, -0.2) is 13.6 Å². The lowest BCUT2D eigenvalue weighted by Crippen LogP contribution is -2.34. The SMILES string of the molecule is COC[C@H](NC(=O)Nc1cc(F)c(OC)c(F)c1)c1ccco1. The van der Waals surface area contributed by atoms with Crippen LogP contribution in [0, 0.1) is 11.6 Å². The minimum absolute atomic E-state index is 0.0473. The van der Waals surface area contributed by atoms with Crippen LogP contribution in [0.2, 0.25) is 0 Å². The quantitative estimate of drug-likeness (QED) is 0.856. The van der Waals surface area contributed by atoms with Gasteiger partial charge in [-0.3, -0.25) is 0 Å². The van der Waals surface area contributed by atoms with E-state index in [4.69, 9.17) is 9.15 Å². The van der Waals surface area contributed by atoms with Crippen molar-refractivity contribution in [2.75, 3.05) is 26.1 Å². The zero-order chi connectivity index (χ0) is 16.8. The Morgan fingerprint density at radius 3 is 2.52 bits per heavy atom. The lowest BCUT2D eigenvalue weighted by atomic mass is 10.2. The van der Waals surface area contributed by atoms with Crippen molar-refractivity contribution in [3.8, 4) is 5.75 Å². The summed E-state index contributed by atoms with van der Waals surface area (Å²) in [5.41, 5.74) is -0.0473. The molecule has 0 bridgehead atoms. The highest BCUT2D eigenvalue weighted by Gasteiger charge is 2.18. The molecule has 2 amide bonds. The average Bonchev–Trinajstić information content (AvgIpc) is 3.00. The summed E-state index contributed by atoms with van der Waals surface area (Å²) in [6.07, 6.45) is 1.46. The van der Waals surface area contributed by atoms with Gasteiger partial charge in [-0.05, 0) is 12.1 Å². The number of carbonyl (C=O) groups excluding carboxylic acids is 1. The molecule has 1 atom stereocenters. The maximum Gasteiger partial charge on any atom is 0.319 e. The van der Waals surface area contributed by atoms with Crippen molar-refractivity contribution in [2.45, 2.75) is 6.04 Å². The Morgan fingerprint density at radius 1 is 1.30 bits per heavy atom. The van der Waals surface area contributed by atoms with Gasteiger partial charge in [0, 0.05) is 24.9 Å². The van der Waals surface area contributed by atoms with Gasteiger partial charge in [-0.1, -0.05) is 0 Å². The number of amides is 2. The minimum Gasteiger partial charge on any atom is -0.491 e. The van der Waals surface area contributed by atoms with E-state index >= 15 is 0 Å². The minimum atomic E-state index is -0.915. The van der Waals surface area contributed by atoms with Gasteiger partial charge >= 0.3 is 6.03 Å².